The zero-order valence-corrected chi connectivity index (χ0v) is 13.8. The summed E-state index contributed by atoms with van der Waals surface area (Å²) in [5.74, 6) is 0.0546. The Bertz CT molecular complexity index is 701. The van der Waals surface area contributed by atoms with E-state index in [1.54, 1.807) is 6.92 Å². The van der Waals surface area contributed by atoms with E-state index >= 15 is 0 Å². The summed E-state index contributed by atoms with van der Waals surface area (Å²) in [5, 5.41) is 3.29. The summed E-state index contributed by atoms with van der Waals surface area (Å²) in [6.45, 7) is 1.78. The molecule has 0 spiro atoms. The van der Waals surface area contributed by atoms with Gasteiger partial charge in [-0.3, -0.25) is 10.1 Å². The van der Waals surface area contributed by atoms with E-state index in [9.17, 15) is 9.59 Å². The Labute approximate surface area is 141 Å². The summed E-state index contributed by atoms with van der Waals surface area (Å²) in [6, 6.07) is 9.40. The molecule has 4 rings (SSSR count). The third-order valence-electron chi connectivity index (χ3n) is 5.76. The minimum Gasteiger partial charge on any atom is -0.467 e. The summed E-state index contributed by atoms with van der Waals surface area (Å²) < 4.78 is 10.6. The number of ether oxygens (including phenoxy) is 2. The normalized spacial score (nSPS) is 35.4. The van der Waals surface area contributed by atoms with Crippen LogP contribution in [0, 0.1) is 23.7 Å². The molecule has 1 N–H and O–H groups in total. The van der Waals surface area contributed by atoms with Gasteiger partial charge in [0.1, 0.15) is 5.54 Å². The van der Waals surface area contributed by atoms with Crippen LogP contribution in [0.5, 0.6) is 0 Å². The highest BCUT2D eigenvalue weighted by Gasteiger charge is 2.59. The lowest BCUT2D eigenvalue weighted by Gasteiger charge is -2.34. The van der Waals surface area contributed by atoms with Crippen LogP contribution in [-0.2, 0) is 24.6 Å². The molecule has 24 heavy (non-hydrogen) atoms. The average molecular weight is 327 g/mol. The number of allylic oxidation sites excluding steroid dienone is 2. The number of hydrogen-bond acceptors (Lipinski definition) is 5. The highest BCUT2D eigenvalue weighted by Crippen LogP contribution is 2.53. The van der Waals surface area contributed by atoms with Crippen LogP contribution in [0.15, 0.2) is 42.5 Å². The van der Waals surface area contributed by atoms with Gasteiger partial charge in [0.25, 0.3) is 0 Å². The molecule has 3 aliphatic rings. The molecule has 0 unspecified atom stereocenters. The Hall–Kier alpha value is -2.14. The van der Waals surface area contributed by atoms with Crippen LogP contribution in [0.25, 0.3) is 0 Å². The van der Waals surface area contributed by atoms with Gasteiger partial charge in [-0.25, -0.2) is 4.79 Å². The number of carbonyl (C=O) groups excluding carboxylic acids is 2. The van der Waals surface area contributed by atoms with Gasteiger partial charge in [-0.05, 0) is 30.7 Å². The van der Waals surface area contributed by atoms with Crippen LogP contribution in [0.4, 0.5) is 0 Å². The molecular formula is C19H21NO4. The second-order valence-electron chi connectivity index (χ2n) is 7.04. The van der Waals surface area contributed by atoms with Crippen molar-refractivity contribution in [1.82, 2.24) is 5.32 Å². The molecular weight excluding hydrogens is 306 g/mol. The van der Waals surface area contributed by atoms with E-state index in [-0.39, 0.29) is 23.7 Å². The van der Waals surface area contributed by atoms with Crippen molar-refractivity contribution in [3.05, 3.63) is 48.0 Å². The molecule has 1 saturated carbocycles. The predicted molar refractivity (Wildman–Crippen MR) is 86.5 cm³/mol. The summed E-state index contributed by atoms with van der Waals surface area (Å²) in [6.07, 6.45) is 4.84. The van der Waals surface area contributed by atoms with Gasteiger partial charge in [0.2, 0.25) is 0 Å². The Morgan fingerprint density at radius 2 is 1.96 bits per heavy atom. The lowest BCUT2D eigenvalue weighted by atomic mass is 9.82. The topological polar surface area (TPSA) is 64.6 Å². The van der Waals surface area contributed by atoms with Crippen molar-refractivity contribution in [2.45, 2.75) is 25.1 Å². The molecule has 2 fully saturated rings. The maximum absolute atomic E-state index is 12.5. The molecule has 126 valence electrons. The summed E-state index contributed by atoms with van der Waals surface area (Å²) in [4.78, 5) is 24.8. The van der Waals surface area contributed by atoms with Crippen LogP contribution in [0.2, 0.25) is 0 Å². The first-order valence-corrected chi connectivity index (χ1v) is 8.35. The fraction of sp³-hybridized carbons (Fsp3) is 0.474. The zero-order valence-electron chi connectivity index (χ0n) is 13.8. The monoisotopic (exact) mass is 327 g/mol. The molecule has 0 amide bonds. The zero-order chi connectivity index (χ0) is 16.9. The first-order valence-electron chi connectivity index (χ1n) is 8.35. The lowest BCUT2D eigenvalue weighted by Crippen LogP contribution is -2.54. The van der Waals surface area contributed by atoms with E-state index < -0.39 is 17.7 Å². The lowest BCUT2D eigenvalue weighted by molar-refractivity contribution is -0.155. The maximum Gasteiger partial charge on any atom is 0.330 e. The van der Waals surface area contributed by atoms with Gasteiger partial charge in [0.05, 0.1) is 13.0 Å². The summed E-state index contributed by atoms with van der Waals surface area (Å²) in [5.41, 5.74) is -0.281. The van der Waals surface area contributed by atoms with E-state index in [0.29, 0.717) is 5.92 Å². The van der Waals surface area contributed by atoms with Gasteiger partial charge < -0.3 is 9.47 Å². The maximum atomic E-state index is 12.5. The van der Waals surface area contributed by atoms with Gasteiger partial charge >= 0.3 is 11.9 Å². The average Bonchev–Trinajstić information content (AvgIpc) is 3.29. The van der Waals surface area contributed by atoms with E-state index in [4.69, 9.17) is 9.47 Å². The minimum atomic E-state index is -1.07. The second kappa shape index (κ2) is 5.45. The van der Waals surface area contributed by atoms with E-state index in [1.807, 2.05) is 30.3 Å². The smallest absolute Gasteiger partial charge is 0.330 e. The Morgan fingerprint density at radius 1 is 1.25 bits per heavy atom. The SMILES string of the molecule is COC(=O)[C@](C)(N[C@@H]1OC(=O)[C@H]2[C@H]1[C@@H]1C=C[C@H]2C1)c1ccccc1. The molecule has 1 aromatic carbocycles. The summed E-state index contributed by atoms with van der Waals surface area (Å²) in [7, 11) is 1.37. The van der Waals surface area contributed by atoms with Crippen LogP contribution in [0.3, 0.4) is 0 Å². The highest BCUT2D eigenvalue weighted by molar-refractivity contribution is 5.82. The van der Waals surface area contributed by atoms with E-state index in [2.05, 4.69) is 17.5 Å². The van der Waals surface area contributed by atoms with Crippen molar-refractivity contribution in [2.75, 3.05) is 7.11 Å². The number of hydrogen-bond donors (Lipinski definition) is 1. The van der Waals surface area contributed by atoms with Gasteiger partial charge in [-0.1, -0.05) is 42.5 Å². The van der Waals surface area contributed by atoms with Crippen molar-refractivity contribution in [3.63, 3.8) is 0 Å². The summed E-state index contributed by atoms with van der Waals surface area (Å²) >= 11 is 0. The number of methoxy groups -OCH3 is 1. The molecule has 1 saturated heterocycles. The van der Waals surface area contributed by atoms with Crippen molar-refractivity contribution in [2.24, 2.45) is 23.7 Å². The molecule has 0 aromatic heterocycles. The molecule has 2 aliphatic carbocycles. The van der Waals surface area contributed by atoms with Crippen LogP contribution in [-0.4, -0.2) is 25.3 Å². The quantitative estimate of drug-likeness (QED) is 0.677. The van der Waals surface area contributed by atoms with E-state index in [0.717, 1.165) is 12.0 Å². The minimum absolute atomic E-state index is 0.0835. The number of benzene rings is 1. The molecule has 6 atom stereocenters. The fourth-order valence-electron chi connectivity index (χ4n) is 4.53. The largest absolute Gasteiger partial charge is 0.467 e. The van der Waals surface area contributed by atoms with Crippen molar-refractivity contribution in [1.29, 1.82) is 0 Å². The molecule has 1 heterocycles. The number of carbonyl (C=O) groups is 2. The van der Waals surface area contributed by atoms with Gasteiger partial charge in [0, 0.05) is 5.92 Å². The molecule has 1 aromatic rings. The van der Waals surface area contributed by atoms with Crippen molar-refractivity contribution >= 4 is 11.9 Å². The molecule has 5 heteroatoms. The third kappa shape index (κ3) is 2.11. The van der Waals surface area contributed by atoms with Gasteiger partial charge in [-0.2, -0.15) is 0 Å². The van der Waals surface area contributed by atoms with Crippen LogP contribution < -0.4 is 5.32 Å². The van der Waals surface area contributed by atoms with Crippen molar-refractivity contribution < 1.29 is 19.1 Å². The number of fused-ring (bicyclic) bond motifs is 5. The predicted octanol–water partition coefficient (Wildman–Crippen LogP) is 1.99. The second-order valence-corrected chi connectivity index (χ2v) is 7.04. The molecule has 2 bridgehead atoms. The number of esters is 2. The Kier molecular flexibility index (Phi) is 3.49. The first-order chi connectivity index (χ1) is 11.5. The number of rotatable bonds is 4. The standard InChI is InChI=1S/C19H21NO4/c1-19(18(22)23-2,13-6-4-3-5-7-13)20-16-14-11-8-9-12(10-11)15(14)17(21)24-16/h3-9,11-12,14-16,20H,10H2,1-2H3/t11-,12+,14-,15-,16-,19-/m1/s1. The van der Waals surface area contributed by atoms with Crippen molar-refractivity contribution in [3.8, 4) is 0 Å². The highest BCUT2D eigenvalue weighted by atomic mass is 16.6. The van der Waals surface area contributed by atoms with E-state index in [1.165, 1.54) is 7.11 Å². The molecule has 5 nitrogen and oxygen atoms in total. The Balaban J connectivity index is 1.65. The molecule has 0 radical (unpaired) electrons. The third-order valence-corrected chi connectivity index (χ3v) is 5.76. The fourth-order valence-corrected chi connectivity index (χ4v) is 4.53. The number of nitrogens with one attached hydrogen (secondary N) is 1. The number of cyclic esters (lactones) is 1. The Morgan fingerprint density at radius 3 is 2.67 bits per heavy atom. The molecule has 1 aliphatic heterocycles. The first kappa shape index (κ1) is 15.4. The van der Waals surface area contributed by atoms with Gasteiger partial charge in [0.15, 0.2) is 6.23 Å². The van der Waals surface area contributed by atoms with Crippen LogP contribution >= 0.6 is 0 Å². The van der Waals surface area contributed by atoms with Gasteiger partial charge in [-0.15, -0.1) is 0 Å². The van der Waals surface area contributed by atoms with Crippen LogP contribution in [0.1, 0.15) is 18.9 Å².